The number of hydrogen-bond donors (Lipinski definition) is 0. The van der Waals surface area contributed by atoms with Gasteiger partial charge in [-0.2, -0.15) is 0 Å². The van der Waals surface area contributed by atoms with E-state index in [0.29, 0.717) is 5.37 Å². The number of alkyl halides is 2. The Bertz CT molecular complexity index is 209. The predicted octanol–water partition coefficient (Wildman–Crippen LogP) is 1.78. The quantitative estimate of drug-likeness (QED) is 0.502. The molecule has 1 atom stereocenters. The molecule has 2 aliphatic heterocycles. The lowest BCUT2D eigenvalue weighted by molar-refractivity contribution is -0.141. The van der Waals surface area contributed by atoms with Crippen molar-refractivity contribution in [3.8, 4) is 0 Å². The summed E-state index contributed by atoms with van der Waals surface area (Å²) >= 11 is 8.59. The van der Waals surface area contributed by atoms with Crippen LogP contribution in [0.3, 0.4) is 0 Å². The van der Waals surface area contributed by atoms with E-state index in [2.05, 4.69) is 31.9 Å². The number of thioether (sulfide) groups is 1. The van der Waals surface area contributed by atoms with Gasteiger partial charge in [0.1, 0.15) is 5.37 Å². The van der Waals surface area contributed by atoms with Crippen molar-refractivity contribution in [3.63, 3.8) is 0 Å². The van der Waals surface area contributed by atoms with Crippen LogP contribution in [0.1, 0.15) is 6.42 Å². The molecule has 1 amide bonds. The van der Waals surface area contributed by atoms with Crippen molar-refractivity contribution in [1.29, 1.82) is 0 Å². The molecule has 2 heterocycles. The van der Waals surface area contributed by atoms with Crippen molar-refractivity contribution >= 4 is 49.5 Å². The molecule has 5 heteroatoms. The fourth-order valence-corrected chi connectivity index (χ4v) is 4.33. The van der Waals surface area contributed by atoms with Crippen LogP contribution in [0.5, 0.6) is 0 Å². The first-order valence-corrected chi connectivity index (χ1v) is 6.08. The fourth-order valence-electron chi connectivity index (χ4n) is 1.38. The van der Waals surface area contributed by atoms with Crippen LogP contribution in [0.2, 0.25) is 0 Å². The first-order chi connectivity index (χ1) is 5.14. The minimum Gasteiger partial charge on any atom is -0.326 e. The van der Waals surface area contributed by atoms with Gasteiger partial charge in [-0.1, -0.05) is 31.9 Å². The second-order valence-corrected chi connectivity index (χ2v) is 7.45. The molecule has 0 aromatic heterocycles. The largest absolute Gasteiger partial charge is 0.326 e. The Labute approximate surface area is 86.3 Å². The molecular formula is C6H7Br2NOS. The Morgan fingerprint density at radius 2 is 2.36 bits per heavy atom. The number of carbonyl (C=O) groups excluding carboxylic acids is 1. The van der Waals surface area contributed by atoms with Gasteiger partial charge >= 0.3 is 0 Å². The normalized spacial score (nSPS) is 34.5. The first kappa shape index (κ1) is 8.38. The standard InChI is InChI=1S/C6H7Br2NOS/c7-6(8)4(10)9-2-1-3-11-5(6)9/h5H,1-3H2/t5-/m0/s1. The van der Waals surface area contributed by atoms with E-state index in [1.54, 1.807) is 0 Å². The van der Waals surface area contributed by atoms with Gasteiger partial charge in [0, 0.05) is 6.54 Å². The van der Waals surface area contributed by atoms with Crippen molar-refractivity contribution in [3.05, 3.63) is 0 Å². The van der Waals surface area contributed by atoms with E-state index in [1.165, 1.54) is 0 Å². The highest BCUT2D eigenvalue weighted by atomic mass is 79.9. The molecule has 62 valence electrons. The van der Waals surface area contributed by atoms with E-state index in [0.717, 1.165) is 18.7 Å². The van der Waals surface area contributed by atoms with Crippen LogP contribution in [0.4, 0.5) is 0 Å². The lowest BCUT2D eigenvalue weighted by Crippen LogP contribution is -2.67. The highest BCUT2D eigenvalue weighted by Crippen LogP contribution is 2.50. The van der Waals surface area contributed by atoms with Gasteiger partial charge in [-0.15, -0.1) is 11.8 Å². The summed E-state index contributed by atoms with van der Waals surface area (Å²) in [6.45, 7) is 0.926. The molecule has 0 spiro atoms. The minimum absolute atomic E-state index is 0.176. The Balaban J connectivity index is 2.15. The monoisotopic (exact) mass is 299 g/mol. The molecule has 2 aliphatic rings. The second kappa shape index (κ2) is 2.64. The maximum Gasteiger partial charge on any atom is 0.254 e. The highest BCUT2D eigenvalue weighted by Gasteiger charge is 2.58. The molecule has 0 aliphatic carbocycles. The zero-order valence-electron chi connectivity index (χ0n) is 5.72. The van der Waals surface area contributed by atoms with Crippen molar-refractivity contribution in [2.24, 2.45) is 0 Å². The topological polar surface area (TPSA) is 20.3 Å². The van der Waals surface area contributed by atoms with Crippen molar-refractivity contribution in [2.75, 3.05) is 12.3 Å². The molecule has 2 rings (SSSR count). The highest BCUT2D eigenvalue weighted by molar-refractivity contribution is 9.26. The van der Waals surface area contributed by atoms with E-state index < -0.39 is 3.23 Å². The van der Waals surface area contributed by atoms with Crippen LogP contribution in [0, 0.1) is 0 Å². The number of hydrogen-bond acceptors (Lipinski definition) is 2. The van der Waals surface area contributed by atoms with Gasteiger partial charge in [-0.3, -0.25) is 4.79 Å². The molecule has 2 fully saturated rings. The van der Waals surface area contributed by atoms with E-state index in [9.17, 15) is 4.79 Å². The van der Waals surface area contributed by atoms with Gasteiger partial charge in [-0.25, -0.2) is 0 Å². The van der Waals surface area contributed by atoms with Crippen LogP contribution in [0.15, 0.2) is 0 Å². The summed E-state index contributed by atoms with van der Waals surface area (Å²) in [5.74, 6) is 1.34. The van der Waals surface area contributed by atoms with Crippen LogP contribution in [0.25, 0.3) is 0 Å². The Morgan fingerprint density at radius 1 is 1.64 bits per heavy atom. The van der Waals surface area contributed by atoms with E-state index >= 15 is 0 Å². The van der Waals surface area contributed by atoms with Gasteiger partial charge in [0.25, 0.3) is 5.91 Å². The zero-order valence-corrected chi connectivity index (χ0v) is 9.71. The van der Waals surface area contributed by atoms with E-state index in [1.807, 2.05) is 16.7 Å². The summed E-state index contributed by atoms with van der Waals surface area (Å²) < 4.78 is -0.453. The molecule has 2 nitrogen and oxygen atoms in total. The van der Waals surface area contributed by atoms with Gasteiger partial charge < -0.3 is 4.90 Å². The number of nitrogens with zero attached hydrogens (tertiary/aromatic N) is 1. The smallest absolute Gasteiger partial charge is 0.254 e. The number of carbonyl (C=O) groups is 1. The molecule has 0 radical (unpaired) electrons. The Hall–Kier alpha value is 0.780. The lowest BCUT2D eigenvalue weighted by Gasteiger charge is -2.51. The summed E-state index contributed by atoms with van der Waals surface area (Å²) in [4.78, 5) is 13.3. The number of β-lactam (4-membered cyclic amide) rings is 1. The van der Waals surface area contributed by atoms with Gasteiger partial charge in [0.2, 0.25) is 0 Å². The van der Waals surface area contributed by atoms with Gasteiger partial charge in [-0.05, 0) is 12.2 Å². The van der Waals surface area contributed by atoms with E-state index in [-0.39, 0.29) is 5.91 Å². The number of amides is 1. The third-order valence-electron chi connectivity index (χ3n) is 1.96. The van der Waals surface area contributed by atoms with Crippen molar-refractivity contribution in [2.45, 2.75) is 15.0 Å². The number of rotatable bonds is 0. The number of fused-ring (bicyclic) bond motifs is 1. The molecule has 0 N–H and O–H groups in total. The maximum atomic E-state index is 11.3. The van der Waals surface area contributed by atoms with E-state index in [4.69, 9.17) is 0 Å². The average Bonchev–Trinajstić information content (AvgIpc) is 2.04. The summed E-state index contributed by atoms with van der Waals surface area (Å²) in [6, 6.07) is 0. The summed E-state index contributed by atoms with van der Waals surface area (Å²) in [7, 11) is 0. The van der Waals surface area contributed by atoms with Crippen molar-refractivity contribution in [1.82, 2.24) is 4.90 Å². The predicted molar refractivity (Wildman–Crippen MR) is 53.2 cm³/mol. The average molecular weight is 301 g/mol. The Kier molecular flexibility index (Phi) is 2.01. The summed E-state index contributed by atoms with van der Waals surface area (Å²) in [5.41, 5.74) is 0. The minimum atomic E-state index is -0.453. The van der Waals surface area contributed by atoms with Crippen molar-refractivity contribution < 1.29 is 4.79 Å². The maximum absolute atomic E-state index is 11.3. The lowest BCUT2D eigenvalue weighted by atomic mass is 10.2. The Morgan fingerprint density at radius 3 is 3.00 bits per heavy atom. The molecular weight excluding hydrogens is 294 g/mol. The second-order valence-electron chi connectivity index (χ2n) is 2.70. The molecule has 0 aromatic rings. The zero-order chi connectivity index (χ0) is 8.06. The summed E-state index contributed by atoms with van der Waals surface area (Å²) in [5, 5.41) is 0.309. The van der Waals surface area contributed by atoms with Gasteiger partial charge in [0.05, 0.1) is 0 Å². The van der Waals surface area contributed by atoms with Crippen LogP contribution in [-0.2, 0) is 4.79 Å². The SMILES string of the molecule is O=C1N2CCCS[C@H]2C1(Br)Br. The number of halogens is 2. The van der Waals surface area contributed by atoms with Crippen LogP contribution >= 0.6 is 43.6 Å². The molecule has 0 saturated carbocycles. The molecule has 0 aromatic carbocycles. The molecule has 11 heavy (non-hydrogen) atoms. The molecule has 0 bridgehead atoms. The van der Waals surface area contributed by atoms with Gasteiger partial charge in [0.15, 0.2) is 3.23 Å². The van der Waals surface area contributed by atoms with Crippen LogP contribution < -0.4 is 0 Å². The van der Waals surface area contributed by atoms with Crippen LogP contribution in [-0.4, -0.2) is 31.7 Å². The fraction of sp³-hybridized carbons (Fsp3) is 0.833. The first-order valence-electron chi connectivity index (χ1n) is 3.44. The molecule has 2 saturated heterocycles. The summed E-state index contributed by atoms with van der Waals surface area (Å²) in [6.07, 6.45) is 1.13. The molecule has 0 unspecified atom stereocenters. The third-order valence-corrected chi connectivity index (χ3v) is 5.56. The third kappa shape index (κ3) is 1.08.